The van der Waals surface area contributed by atoms with E-state index in [1.807, 2.05) is 13.0 Å². The van der Waals surface area contributed by atoms with Crippen LogP contribution in [0.3, 0.4) is 0 Å². The molecule has 0 aromatic carbocycles. The van der Waals surface area contributed by atoms with Gasteiger partial charge in [0.2, 0.25) is 5.71 Å². The molecule has 0 atom stereocenters. The quantitative estimate of drug-likeness (QED) is 0.572. The van der Waals surface area contributed by atoms with Crippen molar-refractivity contribution in [3.63, 3.8) is 0 Å². The van der Waals surface area contributed by atoms with Gasteiger partial charge in [-0.15, -0.1) is 0 Å². The number of hydrogen-bond donors (Lipinski definition) is 0. The summed E-state index contributed by atoms with van der Waals surface area (Å²) >= 11 is 0. The maximum atomic E-state index is 5.17. The molecule has 0 aliphatic heterocycles. The molecular weight excluding hydrogens is 138 g/mol. The first-order chi connectivity index (χ1) is 5.27. The lowest BCUT2D eigenvalue weighted by Crippen LogP contribution is -1.82. The standard InChI is InChI=1S/C9H9NO/c1-6-5-7(2)10-9-8(6)3-4-11-9/h3-5H,1-2H3. The zero-order valence-corrected chi connectivity index (χ0v) is 6.59. The summed E-state index contributed by atoms with van der Waals surface area (Å²) in [5.41, 5.74) is 2.97. The van der Waals surface area contributed by atoms with Gasteiger partial charge in [0.25, 0.3) is 0 Å². The SMILES string of the molecule is Cc1cc(C)c2ccoc2n1. The second kappa shape index (κ2) is 2.09. The van der Waals surface area contributed by atoms with Crippen molar-refractivity contribution in [2.75, 3.05) is 0 Å². The summed E-state index contributed by atoms with van der Waals surface area (Å²) in [7, 11) is 0. The van der Waals surface area contributed by atoms with Crippen LogP contribution in [0, 0.1) is 13.8 Å². The minimum Gasteiger partial charge on any atom is -0.446 e. The molecule has 0 N–H and O–H groups in total. The Bertz CT molecular complexity index is 389. The third-order valence-electron chi connectivity index (χ3n) is 1.77. The molecule has 0 amide bonds. The fourth-order valence-corrected chi connectivity index (χ4v) is 1.27. The Balaban J connectivity index is 2.91. The molecule has 0 radical (unpaired) electrons. The highest BCUT2D eigenvalue weighted by Gasteiger charge is 2.01. The Labute approximate surface area is 64.9 Å². The molecule has 56 valence electrons. The molecule has 2 nitrogen and oxygen atoms in total. The molecule has 2 aromatic heterocycles. The van der Waals surface area contributed by atoms with Crippen molar-refractivity contribution in [2.24, 2.45) is 0 Å². The predicted octanol–water partition coefficient (Wildman–Crippen LogP) is 2.44. The number of furan rings is 1. The van der Waals surface area contributed by atoms with Crippen LogP contribution in [-0.4, -0.2) is 4.98 Å². The largest absolute Gasteiger partial charge is 0.446 e. The first kappa shape index (κ1) is 6.40. The summed E-state index contributed by atoms with van der Waals surface area (Å²) in [4.78, 5) is 4.23. The Morgan fingerprint density at radius 3 is 3.00 bits per heavy atom. The van der Waals surface area contributed by atoms with E-state index in [1.165, 1.54) is 5.56 Å². The summed E-state index contributed by atoms with van der Waals surface area (Å²) in [6, 6.07) is 4.00. The van der Waals surface area contributed by atoms with E-state index in [1.54, 1.807) is 6.26 Å². The lowest BCUT2D eigenvalue weighted by molar-refractivity contribution is 0.602. The van der Waals surface area contributed by atoms with Crippen LogP contribution in [0.5, 0.6) is 0 Å². The van der Waals surface area contributed by atoms with Gasteiger partial charge in [-0.25, -0.2) is 4.98 Å². The molecule has 0 saturated carbocycles. The Kier molecular flexibility index (Phi) is 1.22. The Hall–Kier alpha value is -1.31. The summed E-state index contributed by atoms with van der Waals surface area (Å²) in [5, 5.41) is 1.11. The maximum absolute atomic E-state index is 5.17. The summed E-state index contributed by atoms with van der Waals surface area (Å²) in [6.45, 7) is 4.03. The van der Waals surface area contributed by atoms with Gasteiger partial charge in [-0.3, -0.25) is 0 Å². The van der Waals surface area contributed by atoms with Gasteiger partial charge in [-0.2, -0.15) is 0 Å². The Morgan fingerprint density at radius 2 is 2.18 bits per heavy atom. The van der Waals surface area contributed by atoms with E-state index in [9.17, 15) is 0 Å². The van der Waals surface area contributed by atoms with Crippen LogP contribution in [0.1, 0.15) is 11.3 Å². The van der Waals surface area contributed by atoms with Crippen LogP contribution >= 0.6 is 0 Å². The van der Waals surface area contributed by atoms with Crippen LogP contribution in [-0.2, 0) is 0 Å². The van der Waals surface area contributed by atoms with Gasteiger partial charge in [-0.05, 0) is 31.5 Å². The van der Waals surface area contributed by atoms with Gasteiger partial charge in [0.1, 0.15) is 0 Å². The number of rotatable bonds is 0. The lowest BCUT2D eigenvalue weighted by Gasteiger charge is -1.95. The van der Waals surface area contributed by atoms with Crippen molar-refractivity contribution in [1.29, 1.82) is 0 Å². The van der Waals surface area contributed by atoms with E-state index in [0.29, 0.717) is 0 Å². The summed E-state index contributed by atoms with van der Waals surface area (Å²) in [6.07, 6.45) is 1.67. The maximum Gasteiger partial charge on any atom is 0.226 e. The van der Waals surface area contributed by atoms with Crippen LogP contribution in [0.2, 0.25) is 0 Å². The fraction of sp³-hybridized carbons (Fsp3) is 0.222. The summed E-state index contributed by atoms with van der Waals surface area (Å²) < 4.78 is 5.17. The van der Waals surface area contributed by atoms with Crippen LogP contribution < -0.4 is 0 Å². The number of nitrogens with zero attached hydrogens (tertiary/aromatic N) is 1. The highest BCUT2D eigenvalue weighted by molar-refractivity contribution is 5.77. The monoisotopic (exact) mass is 147 g/mol. The first-order valence-electron chi connectivity index (χ1n) is 3.59. The number of hydrogen-bond acceptors (Lipinski definition) is 2. The zero-order valence-electron chi connectivity index (χ0n) is 6.59. The van der Waals surface area contributed by atoms with Crippen molar-refractivity contribution in [3.05, 3.63) is 29.7 Å². The lowest BCUT2D eigenvalue weighted by atomic mass is 10.2. The number of fused-ring (bicyclic) bond motifs is 1. The van der Waals surface area contributed by atoms with Crippen molar-refractivity contribution in [1.82, 2.24) is 4.98 Å². The molecule has 0 aliphatic carbocycles. The molecule has 11 heavy (non-hydrogen) atoms. The van der Waals surface area contributed by atoms with Crippen molar-refractivity contribution < 1.29 is 4.42 Å². The first-order valence-corrected chi connectivity index (χ1v) is 3.59. The number of pyridine rings is 1. The smallest absolute Gasteiger partial charge is 0.226 e. The van der Waals surface area contributed by atoms with Crippen LogP contribution in [0.15, 0.2) is 22.8 Å². The van der Waals surface area contributed by atoms with Crippen LogP contribution in [0.25, 0.3) is 11.1 Å². The average molecular weight is 147 g/mol. The summed E-state index contributed by atoms with van der Waals surface area (Å²) in [5.74, 6) is 0. The van der Waals surface area contributed by atoms with E-state index < -0.39 is 0 Å². The van der Waals surface area contributed by atoms with Crippen molar-refractivity contribution in [2.45, 2.75) is 13.8 Å². The molecule has 0 spiro atoms. The van der Waals surface area contributed by atoms with Crippen molar-refractivity contribution in [3.8, 4) is 0 Å². The van der Waals surface area contributed by atoms with E-state index in [2.05, 4.69) is 18.0 Å². The molecule has 2 aromatic rings. The number of aryl methyl sites for hydroxylation is 2. The molecule has 0 fully saturated rings. The molecule has 0 aliphatic rings. The molecule has 0 unspecified atom stereocenters. The van der Waals surface area contributed by atoms with Gasteiger partial charge in [-0.1, -0.05) is 0 Å². The molecular formula is C9H9NO. The fourth-order valence-electron chi connectivity index (χ4n) is 1.27. The zero-order chi connectivity index (χ0) is 7.84. The third-order valence-corrected chi connectivity index (χ3v) is 1.77. The van der Waals surface area contributed by atoms with E-state index in [4.69, 9.17) is 4.42 Å². The van der Waals surface area contributed by atoms with Gasteiger partial charge in [0.05, 0.1) is 6.26 Å². The Morgan fingerprint density at radius 1 is 1.36 bits per heavy atom. The molecule has 2 heterocycles. The van der Waals surface area contributed by atoms with Gasteiger partial charge < -0.3 is 4.42 Å². The van der Waals surface area contributed by atoms with Gasteiger partial charge in [0.15, 0.2) is 0 Å². The molecule has 2 rings (SSSR count). The second-order valence-electron chi connectivity index (χ2n) is 2.72. The minimum absolute atomic E-state index is 0.738. The second-order valence-corrected chi connectivity index (χ2v) is 2.72. The highest BCUT2D eigenvalue weighted by Crippen LogP contribution is 2.17. The minimum atomic E-state index is 0.738. The highest BCUT2D eigenvalue weighted by atomic mass is 16.3. The van der Waals surface area contributed by atoms with Crippen LogP contribution in [0.4, 0.5) is 0 Å². The molecule has 0 bridgehead atoms. The van der Waals surface area contributed by atoms with Gasteiger partial charge >= 0.3 is 0 Å². The molecule has 0 saturated heterocycles. The number of aromatic nitrogens is 1. The third kappa shape index (κ3) is 0.909. The normalized spacial score (nSPS) is 10.7. The predicted molar refractivity (Wildman–Crippen MR) is 43.5 cm³/mol. The topological polar surface area (TPSA) is 26.0 Å². The van der Waals surface area contributed by atoms with Gasteiger partial charge in [0, 0.05) is 11.1 Å². The van der Waals surface area contributed by atoms with E-state index in [-0.39, 0.29) is 0 Å². The average Bonchev–Trinajstić information content (AvgIpc) is 2.34. The molecule has 2 heteroatoms. The van der Waals surface area contributed by atoms with E-state index in [0.717, 1.165) is 16.8 Å². The van der Waals surface area contributed by atoms with Crippen molar-refractivity contribution >= 4 is 11.1 Å². The van der Waals surface area contributed by atoms with E-state index >= 15 is 0 Å².